The maximum absolute atomic E-state index is 6.06. The third-order valence-corrected chi connectivity index (χ3v) is 4.75. The molecule has 5 heteroatoms. The minimum absolute atomic E-state index is 0.650. The number of halogens is 1. The number of aromatic nitrogens is 2. The Morgan fingerprint density at radius 1 is 0.929 bits per heavy atom. The summed E-state index contributed by atoms with van der Waals surface area (Å²) in [7, 11) is 1.67. The second-order valence-electron chi connectivity index (χ2n) is 6.37. The Hall–Kier alpha value is -3.24. The highest BCUT2D eigenvalue weighted by Crippen LogP contribution is 2.26. The minimum atomic E-state index is 0.650. The SMILES string of the molecule is COc1ccc(NCc2cn(-c3ccccc3)nc2-c2ccc(Cl)cc2)cc1. The summed E-state index contributed by atoms with van der Waals surface area (Å²) in [6, 6.07) is 25.8. The summed E-state index contributed by atoms with van der Waals surface area (Å²) in [5.74, 6) is 0.837. The summed E-state index contributed by atoms with van der Waals surface area (Å²) in [6.07, 6.45) is 2.07. The summed E-state index contributed by atoms with van der Waals surface area (Å²) in [5.41, 5.74) is 5.11. The van der Waals surface area contributed by atoms with Crippen LogP contribution in [0.3, 0.4) is 0 Å². The molecule has 4 aromatic rings. The third kappa shape index (κ3) is 4.02. The van der Waals surface area contributed by atoms with Gasteiger partial charge < -0.3 is 10.1 Å². The zero-order valence-corrected chi connectivity index (χ0v) is 16.2. The predicted octanol–water partition coefficient (Wildman–Crippen LogP) is 5.81. The van der Waals surface area contributed by atoms with Gasteiger partial charge in [-0.05, 0) is 48.5 Å². The minimum Gasteiger partial charge on any atom is -0.497 e. The summed E-state index contributed by atoms with van der Waals surface area (Å²) in [4.78, 5) is 0. The number of anilines is 1. The van der Waals surface area contributed by atoms with E-state index in [1.165, 1.54) is 0 Å². The number of nitrogens with zero attached hydrogens (tertiary/aromatic N) is 2. The first kappa shape index (κ1) is 18.1. The first-order chi connectivity index (χ1) is 13.7. The second kappa shape index (κ2) is 8.19. The molecule has 0 aliphatic heterocycles. The lowest BCUT2D eigenvalue weighted by Gasteiger charge is -2.08. The van der Waals surface area contributed by atoms with Crippen molar-refractivity contribution in [1.29, 1.82) is 0 Å². The average Bonchev–Trinajstić information content (AvgIpc) is 3.18. The van der Waals surface area contributed by atoms with E-state index < -0.39 is 0 Å². The lowest BCUT2D eigenvalue weighted by atomic mass is 10.1. The van der Waals surface area contributed by atoms with Crippen molar-refractivity contribution in [2.24, 2.45) is 0 Å². The molecule has 0 unspecified atom stereocenters. The molecule has 1 aromatic heterocycles. The number of methoxy groups -OCH3 is 1. The van der Waals surface area contributed by atoms with Gasteiger partial charge in [0.15, 0.2) is 0 Å². The van der Waals surface area contributed by atoms with E-state index in [0.717, 1.165) is 33.9 Å². The van der Waals surface area contributed by atoms with Crippen LogP contribution < -0.4 is 10.1 Å². The van der Waals surface area contributed by atoms with Crippen molar-refractivity contribution >= 4 is 17.3 Å². The van der Waals surface area contributed by atoms with Gasteiger partial charge in [-0.2, -0.15) is 5.10 Å². The standard InChI is InChI=1S/C23H20ClN3O/c1-28-22-13-11-20(12-14-22)25-15-18-16-27(21-5-3-2-4-6-21)26-23(18)17-7-9-19(24)10-8-17/h2-14,16,25H,15H2,1H3. The zero-order valence-electron chi connectivity index (χ0n) is 15.5. The van der Waals surface area contributed by atoms with Crippen molar-refractivity contribution in [2.45, 2.75) is 6.54 Å². The van der Waals surface area contributed by atoms with E-state index in [4.69, 9.17) is 21.4 Å². The van der Waals surface area contributed by atoms with Gasteiger partial charge in [-0.3, -0.25) is 0 Å². The van der Waals surface area contributed by atoms with E-state index >= 15 is 0 Å². The topological polar surface area (TPSA) is 39.1 Å². The van der Waals surface area contributed by atoms with Crippen molar-refractivity contribution in [1.82, 2.24) is 9.78 Å². The van der Waals surface area contributed by atoms with E-state index in [1.807, 2.05) is 83.5 Å². The Labute approximate surface area is 169 Å². The van der Waals surface area contributed by atoms with Crippen LogP contribution in [0.4, 0.5) is 5.69 Å². The monoisotopic (exact) mass is 389 g/mol. The molecule has 0 saturated heterocycles. The highest BCUT2D eigenvalue weighted by Gasteiger charge is 2.12. The van der Waals surface area contributed by atoms with Gasteiger partial charge in [0.05, 0.1) is 18.5 Å². The second-order valence-corrected chi connectivity index (χ2v) is 6.81. The van der Waals surface area contributed by atoms with Gasteiger partial charge >= 0.3 is 0 Å². The normalized spacial score (nSPS) is 10.6. The highest BCUT2D eigenvalue weighted by molar-refractivity contribution is 6.30. The molecule has 28 heavy (non-hydrogen) atoms. The van der Waals surface area contributed by atoms with Crippen LogP contribution in [0.1, 0.15) is 5.56 Å². The molecule has 0 spiro atoms. The van der Waals surface area contributed by atoms with Gasteiger partial charge in [0.2, 0.25) is 0 Å². The lowest BCUT2D eigenvalue weighted by molar-refractivity contribution is 0.415. The molecule has 4 rings (SSSR count). The van der Waals surface area contributed by atoms with Crippen molar-refractivity contribution in [3.63, 3.8) is 0 Å². The number of hydrogen-bond acceptors (Lipinski definition) is 3. The number of rotatable bonds is 6. The van der Waals surface area contributed by atoms with Crippen molar-refractivity contribution < 1.29 is 4.74 Å². The van der Waals surface area contributed by atoms with Crippen LogP contribution in [-0.4, -0.2) is 16.9 Å². The Bertz CT molecular complexity index is 1040. The molecule has 0 bridgehead atoms. The first-order valence-corrected chi connectivity index (χ1v) is 9.38. The Kier molecular flexibility index (Phi) is 5.31. The van der Waals surface area contributed by atoms with Crippen LogP contribution in [0, 0.1) is 0 Å². The molecule has 0 aliphatic rings. The van der Waals surface area contributed by atoms with Crippen LogP contribution in [0.2, 0.25) is 5.02 Å². The molecule has 4 nitrogen and oxygen atoms in total. The fourth-order valence-electron chi connectivity index (χ4n) is 3.01. The van der Waals surface area contributed by atoms with Crippen LogP contribution in [-0.2, 0) is 6.54 Å². The molecule has 0 saturated carbocycles. The predicted molar refractivity (Wildman–Crippen MR) is 114 cm³/mol. The van der Waals surface area contributed by atoms with Gasteiger partial charge in [-0.25, -0.2) is 4.68 Å². The largest absolute Gasteiger partial charge is 0.497 e. The van der Waals surface area contributed by atoms with Crippen LogP contribution in [0.5, 0.6) is 5.75 Å². The summed E-state index contributed by atoms with van der Waals surface area (Å²) in [6.45, 7) is 0.650. The van der Waals surface area contributed by atoms with Crippen molar-refractivity contribution in [3.8, 4) is 22.7 Å². The maximum atomic E-state index is 6.06. The maximum Gasteiger partial charge on any atom is 0.119 e. The fraction of sp³-hybridized carbons (Fsp3) is 0.0870. The van der Waals surface area contributed by atoms with E-state index in [0.29, 0.717) is 11.6 Å². The van der Waals surface area contributed by atoms with Gasteiger partial charge in [-0.15, -0.1) is 0 Å². The number of nitrogens with one attached hydrogen (secondary N) is 1. The molecule has 140 valence electrons. The fourth-order valence-corrected chi connectivity index (χ4v) is 3.13. The Morgan fingerprint density at radius 2 is 1.64 bits per heavy atom. The molecule has 1 N–H and O–H groups in total. The number of para-hydroxylation sites is 1. The number of benzene rings is 3. The van der Waals surface area contributed by atoms with Crippen LogP contribution >= 0.6 is 11.6 Å². The molecule has 0 aliphatic carbocycles. The number of ether oxygens (including phenoxy) is 1. The molecular formula is C23H20ClN3O. The lowest BCUT2D eigenvalue weighted by Crippen LogP contribution is -2.00. The summed E-state index contributed by atoms with van der Waals surface area (Å²) in [5, 5.41) is 9.01. The first-order valence-electron chi connectivity index (χ1n) is 9.01. The molecule has 3 aromatic carbocycles. The third-order valence-electron chi connectivity index (χ3n) is 4.50. The molecule has 0 amide bonds. The summed E-state index contributed by atoms with van der Waals surface area (Å²) >= 11 is 6.06. The van der Waals surface area contributed by atoms with Crippen molar-refractivity contribution in [3.05, 3.63) is 95.6 Å². The summed E-state index contributed by atoms with van der Waals surface area (Å²) < 4.78 is 7.13. The van der Waals surface area contributed by atoms with Gasteiger partial charge in [0.25, 0.3) is 0 Å². The van der Waals surface area contributed by atoms with Crippen LogP contribution in [0.25, 0.3) is 16.9 Å². The van der Waals surface area contributed by atoms with E-state index in [2.05, 4.69) is 11.5 Å². The molecule has 1 heterocycles. The van der Waals surface area contributed by atoms with E-state index in [9.17, 15) is 0 Å². The zero-order chi connectivity index (χ0) is 19.3. The van der Waals surface area contributed by atoms with E-state index in [1.54, 1.807) is 7.11 Å². The van der Waals surface area contributed by atoms with Gasteiger partial charge in [-0.1, -0.05) is 41.9 Å². The van der Waals surface area contributed by atoms with Gasteiger partial charge in [0.1, 0.15) is 5.75 Å². The quantitative estimate of drug-likeness (QED) is 0.452. The van der Waals surface area contributed by atoms with Gasteiger partial charge in [0, 0.05) is 34.6 Å². The average molecular weight is 390 g/mol. The molecule has 0 radical (unpaired) electrons. The molecule has 0 fully saturated rings. The Balaban J connectivity index is 1.65. The number of hydrogen-bond donors (Lipinski definition) is 1. The Morgan fingerprint density at radius 3 is 2.32 bits per heavy atom. The van der Waals surface area contributed by atoms with Crippen LogP contribution in [0.15, 0.2) is 85.1 Å². The van der Waals surface area contributed by atoms with E-state index in [-0.39, 0.29) is 0 Å². The smallest absolute Gasteiger partial charge is 0.119 e. The highest BCUT2D eigenvalue weighted by atomic mass is 35.5. The molecule has 0 atom stereocenters. The van der Waals surface area contributed by atoms with Crippen molar-refractivity contribution in [2.75, 3.05) is 12.4 Å². The molecular weight excluding hydrogens is 370 g/mol.